The number of rotatable bonds is 4. The van der Waals surface area contributed by atoms with E-state index in [0.717, 1.165) is 18.5 Å². The number of hydrogen-bond donors (Lipinski definition) is 1. The lowest BCUT2D eigenvalue weighted by molar-refractivity contribution is 1.01. The van der Waals surface area contributed by atoms with E-state index in [1.807, 2.05) is 13.0 Å². The molecular weight excluding hydrogens is 142 g/mol. The van der Waals surface area contributed by atoms with Gasteiger partial charge in [0.2, 0.25) is 0 Å². The maximum Gasteiger partial charge on any atom is 0.0145 e. The Balaban J connectivity index is 3.84. The summed E-state index contributed by atoms with van der Waals surface area (Å²) in [5, 5.41) is 0. The zero-order valence-electron chi connectivity index (χ0n) is 6.68. The molecule has 2 N–H and O–H groups in total. The lowest BCUT2D eigenvalue weighted by atomic mass is 10.2. The van der Waals surface area contributed by atoms with Crippen molar-refractivity contribution in [3.8, 4) is 0 Å². The molecule has 0 atom stereocenters. The molecule has 0 heterocycles. The van der Waals surface area contributed by atoms with Gasteiger partial charge in [-0.2, -0.15) is 0 Å². The molecule has 0 aliphatic carbocycles. The van der Waals surface area contributed by atoms with Crippen LogP contribution in [0, 0.1) is 0 Å². The van der Waals surface area contributed by atoms with E-state index in [4.69, 9.17) is 5.73 Å². The van der Waals surface area contributed by atoms with Crippen molar-refractivity contribution >= 4 is 11.8 Å². The fourth-order valence-corrected chi connectivity index (χ4v) is 1.34. The van der Waals surface area contributed by atoms with E-state index in [2.05, 4.69) is 12.8 Å². The van der Waals surface area contributed by atoms with E-state index in [-0.39, 0.29) is 0 Å². The van der Waals surface area contributed by atoms with Crippen molar-refractivity contribution in [1.29, 1.82) is 0 Å². The fourth-order valence-electron chi connectivity index (χ4n) is 0.693. The Morgan fingerprint density at radius 3 is 2.60 bits per heavy atom. The molecule has 2 heteroatoms. The normalized spacial score (nSPS) is 12.6. The summed E-state index contributed by atoms with van der Waals surface area (Å²) in [5.41, 5.74) is 6.55. The van der Waals surface area contributed by atoms with Crippen molar-refractivity contribution < 1.29 is 0 Å². The van der Waals surface area contributed by atoms with Crippen LogP contribution in [0.2, 0.25) is 0 Å². The quantitative estimate of drug-likeness (QED) is 0.634. The number of thioether (sulfide) groups is 1. The second kappa shape index (κ2) is 5.42. The monoisotopic (exact) mass is 157 g/mol. The molecule has 0 saturated heterocycles. The molecule has 58 valence electrons. The van der Waals surface area contributed by atoms with Crippen LogP contribution in [0.1, 0.15) is 19.8 Å². The smallest absolute Gasteiger partial charge is 0.0145 e. The van der Waals surface area contributed by atoms with Gasteiger partial charge in [0.25, 0.3) is 0 Å². The van der Waals surface area contributed by atoms with E-state index >= 15 is 0 Å². The standard InChI is InChI=1S/C8H15NS/c1-4-5-6-8(10-3)7(2)9/h4H,1,5-6,9H2,2-3H3/b8-7-. The maximum atomic E-state index is 5.61. The molecule has 0 spiro atoms. The summed E-state index contributed by atoms with van der Waals surface area (Å²) in [7, 11) is 0. The average Bonchev–Trinajstić information content (AvgIpc) is 1.89. The minimum atomic E-state index is 0.939. The molecular formula is C8H15NS. The molecule has 0 unspecified atom stereocenters. The minimum absolute atomic E-state index is 0.939. The number of allylic oxidation sites excluding steroid dienone is 3. The third kappa shape index (κ3) is 3.62. The van der Waals surface area contributed by atoms with Gasteiger partial charge in [0.05, 0.1) is 0 Å². The van der Waals surface area contributed by atoms with Crippen LogP contribution in [0.25, 0.3) is 0 Å². The summed E-state index contributed by atoms with van der Waals surface area (Å²) in [6.07, 6.45) is 6.02. The van der Waals surface area contributed by atoms with Crippen molar-refractivity contribution in [3.63, 3.8) is 0 Å². The molecule has 0 aliphatic heterocycles. The van der Waals surface area contributed by atoms with Gasteiger partial charge in [0, 0.05) is 10.6 Å². The van der Waals surface area contributed by atoms with Crippen LogP contribution < -0.4 is 5.73 Å². The third-order valence-electron chi connectivity index (χ3n) is 1.26. The Morgan fingerprint density at radius 1 is 1.70 bits per heavy atom. The summed E-state index contributed by atoms with van der Waals surface area (Å²) in [6, 6.07) is 0. The summed E-state index contributed by atoms with van der Waals surface area (Å²) >= 11 is 1.72. The maximum absolute atomic E-state index is 5.61. The highest BCUT2D eigenvalue weighted by Crippen LogP contribution is 2.19. The van der Waals surface area contributed by atoms with Crippen molar-refractivity contribution in [1.82, 2.24) is 0 Å². The topological polar surface area (TPSA) is 26.0 Å². The first-order chi connectivity index (χ1) is 4.72. The first-order valence-electron chi connectivity index (χ1n) is 3.32. The fraction of sp³-hybridized carbons (Fsp3) is 0.500. The molecule has 0 fully saturated rings. The lowest BCUT2D eigenvalue weighted by Crippen LogP contribution is -1.95. The molecule has 0 amide bonds. The van der Waals surface area contributed by atoms with Gasteiger partial charge in [-0.15, -0.1) is 18.3 Å². The van der Waals surface area contributed by atoms with Gasteiger partial charge in [0.1, 0.15) is 0 Å². The van der Waals surface area contributed by atoms with Crippen molar-refractivity contribution in [2.75, 3.05) is 6.26 Å². The van der Waals surface area contributed by atoms with Crippen LogP contribution in [0.5, 0.6) is 0 Å². The SMILES string of the molecule is C=CCC/C(SC)=C(\C)N. The van der Waals surface area contributed by atoms with E-state index in [9.17, 15) is 0 Å². The molecule has 1 nitrogen and oxygen atoms in total. The van der Waals surface area contributed by atoms with Gasteiger partial charge in [0.15, 0.2) is 0 Å². The Hall–Kier alpha value is -0.370. The van der Waals surface area contributed by atoms with Crippen LogP contribution in [0.4, 0.5) is 0 Å². The Morgan fingerprint density at radius 2 is 2.30 bits per heavy atom. The summed E-state index contributed by atoms with van der Waals surface area (Å²) < 4.78 is 0. The first-order valence-corrected chi connectivity index (χ1v) is 4.55. The van der Waals surface area contributed by atoms with Gasteiger partial charge in [-0.25, -0.2) is 0 Å². The van der Waals surface area contributed by atoms with Crippen molar-refractivity contribution in [2.24, 2.45) is 5.73 Å². The molecule has 0 aromatic carbocycles. The zero-order valence-corrected chi connectivity index (χ0v) is 7.50. The Kier molecular flexibility index (Phi) is 5.22. The lowest BCUT2D eigenvalue weighted by Gasteiger charge is -2.02. The summed E-state index contributed by atoms with van der Waals surface area (Å²) in [5.74, 6) is 0. The Bertz CT molecular complexity index is 134. The van der Waals surface area contributed by atoms with Crippen LogP contribution in [-0.4, -0.2) is 6.26 Å². The van der Waals surface area contributed by atoms with Crippen molar-refractivity contribution in [2.45, 2.75) is 19.8 Å². The van der Waals surface area contributed by atoms with Gasteiger partial charge >= 0.3 is 0 Å². The molecule has 0 aromatic heterocycles. The highest BCUT2D eigenvalue weighted by atomic mass is 32.2. The summed E-state index contributed by atoms with van der Waals surface area (Å²) in [4.78, 5) is 1.28. The molecule has 0 aromatic rings. The van der Waals surface area contributed by atoms with E-state index < -0.39 is 0 Å². The predicted molar refractivity (Wildman–Crippen MR) is 49.8 cm³/mol. The van der Waals surface area contributed by atoms with Crippen LogP contribution >= 0.6 is 11.8 Å². The minimum Gasteiger partial charge on any atom is -0.402 e. The van der Waals surface area contributed by atoms with Crippen molar-refractivity contribution in [3.05, 3.63) is 23.3 Å². The molecule has 0 radical (unpaired) electrons. The van der Waals surface area contributed by atoms with Crippen LogP contribution in [0.3, 0.4) is 0 Å². The molecule has 0 saturated carbocycles. The molecule has 0 bridgehead atoms. The van der Waals surface area contributed by atoms with E-state index in [1.54, 1.807) is 11.8 Å². The van der Waals surface area contributed by atoms with Gasteiger partial charge in [-0.1, -0.05) is 6.08 Å². The third-order valence-corrected chi connectivity index (χ3v) is 2.28. The van der Waals surface area contributed by atoms with Crippen LogP contribution in [0.15, 0.2) is 23.3 Å². The average molecular weight is 157 g/mol. The largest absolute Gasteiger partial charge is 0.402 e. The Labute approximate surface area is 67.4 Å². The van der Waals surface area contributed by atoms with Gasteiger partial charge in [-0.05, 0) is 26.0 Å². The first kappa shape index (κ1) is 9.63. The molecule has 0 aliphatic rings. The highest BCUT2D eigenvalue weighted by Gasteiger charge is 1.95. The number of hydrogen-bond acceptors (Lipinski definition) is 2. The second-order valence-corrected chi connectivity index (χ2v) is 3.04. The number of nitrogens with two attached hydrogens (primary N) is 1. The second-order valence-electron chi connectivity index (χ2n) is 2.14. The van der Waals surface area contributed by atoms with E-state index in [0.29, 0.717) is 0 Å². The molecule has 10 heavy (non-hydrogen) atoms. The highest BCUT2D eigenvalue weighted by molar-refractivity contribution is 8.02. The summed E-state index contributed by atoms with van der Waals surface area (Å²) in [6.45, 7) is 5.59. The van der Waals surface area contributed by atoms with Crippen LogP contribution in [-0.2, 0) is 0 Å². The predicted octanol–water partition coefficient (Wildman–Crippen LogP) is 2.51. The van der Waals surface area contributed by atoms with Gasteiger partial charge < -0.3 is 5.73 Å². The zero-order chi connectivity index (χ0) is 7.98. The molecule has 0 rings (SSSR count). The van der Waals surface area contributed by atoms with E-state index in [1.165, 1.54) is 4.91 Å². The van der Waals surface area contributed by atoms with Gasteiger partial charge in [-0.3, -0.25) is 0 Å².